The van der Waals surface area contributed by atoms with E-state index in [0.29, 0.717) is 23.4 Å². The molecule has 3 aromatic rings. The number of Topliss-reactive ketones (excluding diaryl/α,β-unsaturated/α-hetero) is 1. The van der Waals surface area contributed by atoms with Crippen LogP contribution >= 0.6 is 0 Å². The molecular weight excluding hydrogens is 485 g/mol. The number of benzene rings is 2. The van der Waals surface area contributed by atoms with Crippen molar-refractivity contribution in [3.05, 3.63) is 71.5 Å². The zero-order valence-corrected chi connectivity index (χ0v) is 21.6. The summed E-state index contributed by atoms with van der Waals surface area (Å²) in [6, 6.07) is 16.1. The number of carboxylic acids is 1. The van der Waals surface area contributed by atoms with Crippen LogP contribution in [0.2, 0.25) is 0 Å². The van der Waals surface area contributed by atoms with E-state index in [-0.39, 0.29) is 48.3 Å². The van der Waals surface area contributed by atoms with E-state index in [1.54, 1.807) is 18.2 Å². The largest absolute Gasteiger partial charge is 0.475 e. The number of rotatable bonds is 8. The normalized spacial score (nSPS) is 24.4. The van der Waals surface area contributed by atoms with Gasteiger partial charge in [-0.05, 0) is 73.3 Å². The van der Waals surface area contributed by atoms with Crippen LogP contribution in [0.5, 0.6) is 0 Å². The molecular formula is C31H34FNO5. The first-order chi connectivity index (χ1) is 18.4. The second-order valence-electron chi connectivity index (χ2n) is 11.0. The number of fused-ring (bicyclic) bond motifs is 1. The van der Waals surface area contributed by atoms with Crippen LogP contribution < -0.4 is 0 Å². The number of aromatic carboxylic acids is 1. The van der Waals surface area contributed by atoms with Gasteiger partial charge in [-0.15, -0.1) is 0 Å². The molecule has 1 aromatic heterocycles. The fraction of sp³-hybridized carbons (Fsp3) is 0.452. The minimum atomic E-state index is -1.14. The van der Waals surface area contributed by atoms with Crippen LogP contribution in [0, 0.1) is 17.8 Å². The van der Waals surface area contributed by atoms with Gasteiger partial charge in [-0.1, -0.05) is 43.3 Å². The third-order valence-corrected chi connectivity index (χ3v) is 8.58. The molecule has 0 bridgehead atoms. The molecule has 0 radical (unpaired) electrons. The number of carbonyl (C=O) groups excluding carboxylic acids is 2. The van der Waals surface area contributed by atoms with Crippen LogP contribution in [0.4, 0.5) is 4.39 Å². The van der Waals surface area contributed by atoms with E-state index in [2.05, 4.69) is 0 Å². The molecule has 2 aliphatic rings. The van der Waals surface area contributed by atoms with Gasteiger partial charge in [0, 0.05) is 30.2 Å². The van der Waals surface area contributed by atoms with Gasteiger partial charge in [-0.25, -0.2) is 4.79 Å². The second-order valence-corrected chi connectivity index (χ2v) is 11.0. The van der Waals surface area contributed by atoms with Gasteiger partial charge in [0.25, 0.3) is 0 Å². The number of ketones is 1. The van der Waals surface area contributed by atoms with Crippen molar-refractivity contribution in [2.75, 3.05) is 13.2 Å². The summed E-state index contributed by atoms with van der Waals surface area (Å²) < 4.78 is 18.5. The number of hydrogen-bond donors (Lipinski definition) is 1. The van der Waals surface area contributed by atoms with Crippen LogP contribution in [0.1, 0.15) is 66.6 Å². The lowest BCUT2D eigenvalue weighted by atomic mass is 9.76. The van der Waals surface area contributed by atoms with Crippen molar-refractivity contribution in [1.29, 1.82) is 0 Å². The fourth-order valence-corrected chi connectivity index (χ4v) is 6.40. The summed E-state index contributed by atoms with van der Waals surface area (Å²) in [6.45, 7) is 2.15. The van der Waals surface area contributed by atoms with Crippen LogP contribution in [0.15, 0.2) is 59.0 Å². The van der Waals surface area contributed by atoms with Crippen molar-refractivity contribution in [2.45, 2.75) is 57.4 Å². The Kier molecular flexibility index (Phi) is 7.63. The lowest BCUT2D eigenvalue weighted by Crippen LogP contribution is -2.46. The van der Waals surface area contributed by atoms with Crippen LogP contribution in [-0.4, -0.2) is 46.9 Å². The Hall–Kier alpha value is -3.48. The highest BCUT2D eigenvalue weighted by Crippen LogP contribution is 2.39. The lowest BCUT2D eigenvalue weighted by molar-refractivity contribution is -0.142. The number of hydrogen-bond acceptors (Lipinski definition) is 4. The summed E-state index contributed by atoms with van der Waals surface area (Å²) in [5.41, 5.74) is 2.26. The number of carbonyl (C=O) groups is 3. The summed E-state index contributed by atoms with van der Waals surface area (Å²) in [5, 5.41) is 9.85. The van der Waals surface area contributed by atoms with Crippen molar-refractivity contribution in [1.82, 2.24) is 4.90 Å². The number of amides is 1. The molecule has 38 heavy (non-hydrogen) atoms. The Balaban J connectivity index is 1.37. The van der Waals surface area contributed by atoms with Crippen LogP contribution in [-0.2, 0) is 16.0 Å². The molecule has 0 unspecified atom stereocenters. The third kappa shape index (κ3) is 5.24. The Bertz CT molecular complexity index is 1310. The van der Waals surface area contributed by atoms with Crippen LogP contribution in [0.3, 0.4) is 0 Å². The van der Waals surface area contributed by atoms with Gasteiger partial charge in [0.2, 0.25) is 11.7 Å². The predicted octanol–water partition coefficient (Wildman–Crippen LogP) is 6.04. The molecule has 7 heteroatoms. The van der Waals surface area contributed by atoms with Crippen molar-refractivity contribution in [3.8, 4) is 0 Å². The second kappa shape index (κ2) is 11.1. The van der Waals surface area contributed by atoms with Gasteiger partial charge in [0.1, 0.15) is 5.58 Å². The molecule has 1 N–H and O–H groups in total. The van der Waals surface area contributed by atoms with Crippen molar-refractivity contribution >= 4 is 28.6 Å². The topological polar surface area (TPSA) is 87.8 Å². The number of nitrogens with zero attached hydrogens (tertiary/aromatic N) is 1. The van der Waals surface area contributed by atoms with Gasteiger partial charge < -0.3 is 14.4 Å². The maximum atomic E-state index is 13.9. The van der Waals surface area contributed by atoms with E-state index in [0.717, 1.165) is 43.2 Å². The van der Waals surface area contributed by atoms with Gasteiger partial charge in [-0.3, -0.25) is 14.0 Å². The monoisotopic (exact) mass is 519 g/mol. The summed E-state index contributed by atoms with van der Waals surface area (Å²) in [5.74, 6) is -1.12. The molecule has 6 nitrogen and oxygen atoms in total. The highest BCUT2D eigenvalue weighted by molar-refractivity contribution is 5.94. The summed E-state index contributed by atoms with van der Waals surface area (Å²) in [4.78, 5) is 40.7. The fourth-order valence-electron chi connectivity index (χ4n) is 6.40. The van der Waals surface area contributed by atoms with Crippen molar-refractivity contribution < 1.29 is 28.3 Å². The maximum Gasteiger partial charge on any atom is 0.371 e. The highest BCUT2D eigenvalue weighted by atomic mass is 19.1. The molecule has 1 saturated heterocycles. The van der Waals surface area contributed by atoms with Crippen molar-refractivity contribution in [3.63, 3.8) is 0 Å². The smallest absolute Gasteiger partial charge is 0.371 e. The molecule has 5 rings (SSSR count). The quantitative estimate of drug-likeness (QED) is 0.392. The zero-order valence-electron chi connectivity index (χ0n) is 21.6. The molecule has 1 saturated carbocycles. The zero-order chi connectivity index (χ0) is 26.8. The van der Waals surface area contributed by atoms with E-state index >= 15 is 0 Å². The maximum absolute atomic E-state index is 13.9. The van der Waals surface area contributed by atoms with E-state index < -0.39 is 12.0 Å². The Morgan fingerprint density at radius 1 is 1.03 bits per heavy atom. The first kappa shape index (κ1) is 26.1. The number of furan rings is 1. The molecule has 1 aliphatic carbocycles. The lowest BCUT2D eigenvalue weighted by Gasteiger charge is -2.35. The van der Waals surface area contributed by atoms with E-state index in [1.807, 2.05) is 42.2 Å². The average molecular weight is 520 g/mol. The highest BCUT2D eigenvalue weighted by Gasteiger charge is 2.44. The summed E-state index contributed by atoms with van der Waals surface area (Å²) in [7, 11) is 0. The molecule has 2 heterocycles. The Morgan fingerprint density at radius 2 is 1.76 bits per heavy atom. The van der Waals surface area contributed by atoms with E-state index in [1.165, 1.54) is 6.07 Å². The SMILES string of the molecule is C[C@H](CF)C1CCC(C(=O)N2CC[C@H](c3ccccc3)[C@H]2C(=O)Cc2ccc3oc(C(=O)O)cc3c2)CC1. The standard InChI is InChI=1S/C31H34FNO5/c1-19(18-32)21-8-10-23(11-9-21)30(35)33-14-13-25(22-5-3-2-4-6-22)29(33)26(34)16-20-7-12-27-24(15-20)17-28(38-27)31(36)37/h2-7,12,15,17,19,21,23,25,29H,8-11,13-14,16,18H2,1H3,(H,36,37)/t19-,21?,23?,25-,29+/m1/s1. The number of likely N-dealkylation sites (tertiary alicyclic amines) is 1. The molecule has 0 spiro atoms. The molecule has 1 aliphatic heterocycles. The Morgan fingerprint density at radius 3 is 2.45 bits per heavy atom. The van der Waals surface area contributed by atoms with E-state index in [4.69, 9.17) is 4.42 Å². The van der Waals surface area contributed by atoms with E-state index in [9.17, 15) is 23.9 Å². The number of carboxylic acid groups (broad SMARTS) is 1. The number of halogens is 1. The molecule has 2 fully saturated rings. The summed E-state index contributed by atoms with van der Waals surface area (Å²) in [6.07, 6.45) is 4.04. The van der Waals surface area contributed by atoms with Crippen molar-refractivity contribution in [2.24, 2.45) is 17.8 Å². The third-order valence-electron chi connectivity index (χ3n) is 8.58. The molecule has 3 atom stereocenters. The minimum absolute atomic E-state index is 0.0220. The van der Waals surface area contributed by atoms with Gasteiger partial charge >= 0.3 is 5.97 Å². The predicted molar refractivity (Wildman–Crippen MR) is 142 cm³/mol. The minimum Gasteiger partial charge on any atom is -0.475 e. The number of alkyl halides is 1. The van der Waals surface area contributed by atoms with Gasteiger partial charge in [0.05, 0.1) is 12.7 Å². The first-order valence-corrected chi connectivity index (χ1v) is 13.6. The van der Waals surface area contributed by atoms with Gasteiger partial charge in [-0.2, -0.15) is 0 Å². The summed E-state index contributed by atoms with van der Waals surface area (Å²) >= 11 is 0. The first-order valence-electron chi connectivity index (χ1n) is 13.6. The molecule has 200 valence electrons. The van der Waals surface area contributed by atoms with Gasteiger partial charge in [0.15, 0.2) is 5.78 Å². The molecule has 1 amide bonds. The van der Waals surface area contributed by atoms with Crippen LogP contribution in [0.25, 0.3) is 11.0 Å². The Labute approximate surface area is 221 Å². The molecule has 2 aromatic carbocycles. The average Bonchev–Trinajstić information content (AvgIpc) is 3.58.